The Morgan fingerprint density at radius 1 is 1.54 bits per heavy atom. The van der Waals surface area contributed by atoms with Crippen molar-refractivity contribution in [3.63, 3.8) is 0 Å². The van der Waals surface area contributed by atoms with Crippen LogP contribution in [-0.2, 0) is 4.79 Å². The van der Waals surface area contributed by atoms with Crippen LogP contribution in [0.5, 0.6) is 0 Å². The number of nitrogens with zero attached hydrogens (tertiary/aromatic N) is 1. The maximum atomic E-state index is 11.2. The molecule has 0 saturated heterocycles. The molecule has 1 rings (SSSR count). The van der Waals surface area contributed by atoms with Gasteiger partial charge in [0, 0.05) is 19.0 Å². The number of nitrogens with one attached hydrogen (secondary N) is 1. The van der Waals surface area contributed by atoms with Crippen molar-refractivity contribution in [2.75, 3.05) is 20.6 Å². The molecule has 13 heavy (non-hydrogen) atoms. The number of carbonyl (C=O) groups excluding carboxylic acids is 1. The summed E-state index contributed by atoms with van der Waals surface area (Å²) in [6, 6.07) is 0.213. The fraction of sp³-hybridized carbons (Fsp3) is 0.889. The van der Waals surface area contributed by atoms with E-state index in [0.717, 1.165) is 6.54 Å². The number of aliphatic hydroxyl groups is 1. The first-order valence-electron chi connectivity index (χ1n) is 4.70. The minimum Gasteiger partial charge on any atom is -0.393 e. The van der Waals surface area contributed by atoms with Gasteiger partial charge in [0.05, 0.1) is 6.10 Å². The summed E-state index contributed by atoms with van der Waals surface area (Å²) in [5.41, 5.74) is 0. The van der Waals surface area contributed by atoms with Crippen molar-refractivity contribution < 1.29 is 9.90 Å². The summed E-state index contributed by atoms with van der Waals surface area (Å²) in [7, 11) is 3.89. The zero-order valence-corrected chi connectivity index (χ0v) is 8.29. The van der Waals surface area contributed by atoms with Gasteiger partial charge in [-0.15, -0.1) is 0 Å². The van der Waals surface area contributed by atoms with Gasteiger partial charge < -0.3 is 15.3 Å². The maximum absolute atomic E-state index is 11.2. The Hall–Kier alpha value is -0.610. The molecule has 0 aromatic rings. The molecule has 0 heterocycles. The first-order chi connectivity index (χ1) is 6.08. The van der Waals surface area contributed by atoms with Gasteiger partial charge in [-0.1, -0.05) is 0 Å². The molecule has 0 aromatic carbocycles. The molecule has 1 aliphatic rings. The second-order valence-corrected chi connectivity index (χ2v) is 3.94. The van der Waals surface area contributed by atoms with Crippen LogP contribution in [0, 0.1) is 0 Å². The van der Waals surface area contributed by atoms with Gasteiger partial charge >= 0.3 is 0 Å². The van der Waals surface area contributed by atoms with Gasteiger partial charge in [0.2, 0.25) is 5.91 Å². The quantitative estimate of drug-likeness (QED) is 0.627. The third-order valence-corrected chi connectivity index (χ3v) is 2.26. The molecule has 1 saturated carbocycles. The Kier molecular flexibility index (Phi) is 3.69. The molecule has 0 bridgehead atoms. The lowest BCUT2D eigenvalue weighted by Gasteiger charge is -2.32. The normalized spacial score (nSPS) is 27.1. The van der Waals surface area contributed by atoms with E-state index in [0.29, 0.717) is 19.3 Å². The number of hydrogen-bond donors (Lipinski definition) is 2. The van der Waals surface area contributed by atoms with E-state index in [-0.39, 0.29) is 18.1 Å². The Bertz CT molecular complexity index is 176. The van der Waals surface area contributed by atoms with Crippen LogP contribution >= 0.6 is 0 Å². The van der Waals surface area contributed by atoms with Crippen molar-refractivity contribution in [1.82, 2.24) is 10.2 Å². The number of aliphatic hydroxyl groups excluding tert-OH is 1. The smallest absolute Gasteiger partial charge is 0.221 e. The summed E-state index contributed by atoms with van der Waals surface area (Å²) < 4.78 is 0. The maximum Gasteiger partial charge on any atom is 0.221 e. The largest absolute Gasteiger partial charge is 0.393 e. The minimum absolute atomic E-state index is 0.0885. The minimum atomic E-state index is -0.195. The number of hydrogen-bond acceptors (Lipinski definition) is 3. The second kappa shape index (κ2) is 4.58. The van der Waals surface area contributed by atoms with E-state index >= 15 is 0 Å². The van der Waals surface area contributed by atoms with Crippen LogP contribution < -0.4 is 5.32 Å². The van der Waals surface area contributed by atoms with E-state index in [9.17, 15) is 4.79 Å². The highest BCUT2D eigenvalue weighted by Gasteiger charge is 2.27. The van der Waals surface area contributed by atoms with Gasteiger partial charge in [-0.25, -0.2) is 0 Å². The molecule has 2 N–H and O–H groups in total. The van der Waals surface area contributed by atoms with Gasteiger partial charge in [-0.3, -0.25) is 4.79 Å². The predicted molar refractivity (Wildman–Crippen MR) is 50.3 cm³/mol. The molecule has 0 spiro atoms. The fourth-order valence-electron chi connectivity index (χ4n) is 1.33. The predicted octanol–water partition coefficient (Wildman–Crippen LogP) is -0.422. The zero-order chi connectivity index (χ0) is 9.84. The molecule has 0 unspecified atom stereocenters. The summed E-state index contributed by atoms with van der Waals surface area (Å²) in [6.07, 6.45) is 1.78. The zero-order valence-electron chi connectivity index (χ0n) is 8.29. The first-order valence-corrected chi connectivity index (χ1v) is 4.70. The van der Waals surface area contributed by atoms with Crippen molar-refractivity contribution >= 4 is 5.91 Å². The van der Waals surface area contributed by atoms with E-state index in [2.05, 4.69) is 5.32 Å². The molecule has 0 aliphatic heterocycles. The fourth-order valence-corrected chi connectivity index (χ4v) is 1.33. The Morgan fingerprint density at radius 3 is 2.62 bits per heavy atom. The molecule has 0 radical (unpaired) electrons. The third-order valence-electron chi connectivity index (χ3n) is 2.26. The van der Waals surface area contributed by atoms with Crippen LogP contribution in [0.25, 0.3) is 0 Å². The molecule has 1 amide bonds. The van der Waals surface area contributed by atoms with Gasteiger partial charge in [0.25, 0.3) is 0 Å². The lowest BCUT2D eigenvalue weighted by atomic mass is 9.89. The summed E-state index contributed by atoms with van der Waals surface area (Å²) in [4.78, 5) is 13.2. The molecule has 4 heteroatoms. The monoisotopic (exact) mass is 186 g/mol. The summed E-state index contributed by atoms with van der Waals surface area (Å²) in [6.45, 7) is 0.779. The molecule has 1 aliphatic carbocycles. The summed E-state index contributed by atoms with van der Waals surface area (Å²) >= 11 is 0. The van der Waals surface area contributed by atoms with E-state index in [1.807, 2.05) is 19.0 Å². The lowest BCUT2D eigenvalue weighted by Crippen LogP contribution is -2.47. The summed E-state index contributed by atoms with van der Waals surface area (Å²) in [5, 5.41) is 11.9. The Labute approximate surface area is 78.9 Å². The van der Waals surface area contributed by atoms with Crippen LogP contribution in [0.3, 0.4) is 0 Å². The number of rotatable bonds is 4. The topological polar surface area (TPSA) is 52.6 Å². The lowest BCUT2D eigenvalue weighted by molar-refractivity contribution is -0.123. The van der Waals surface area contributed by atoms with Crippen molar-refractivity contribution in [1.29, 1.82) is 0 Å². The van der Waals surface area contributed by atoms with Crippen molar-refractivity contribution in [2.24, 2.45) is 0 Å². The standard InChI is InChI=1S/C9H18N2O2/c1-11(2)4-3-9(13)10-7-5-8(12)6-7/h7-8,12H,3-6H2,1-2H3,(H,10,13). The van der Waals surface area contributed by atoms with E-state index in [1.165, 1.54) is 0 Å². The van der Waals surface area contributed by atoms with Crippen molar-refractivity contribution in [2.45, 2.75) is 31.4 Å². The molecule has 0 aromatic heterocycles. The van der Waals surface area contributed by atoms with Crippen molar-refractivity contribution in [3.05, 3.63) is 0 Å². The van der Waals surface area contributed by atoms with E-state index in [4.69, 9.17) is 5.11 Å². The van der Waals surface area contributed by atoms with Crippen molar-refractivity contribution in [3.8, 4) is 0 Å². The van der Waals surface area contributed by atoms with E-state index in [1.54, 1.807) is 0 Å². The Morgan fingerprint density at radius 2 is 2.15 bits per heavy atom. The van der Waals surface area contributed by atoms with Gasteiger partial charge in [0.15, 0.2) is 0 Å². The van der Waals surface area contributed by atoms with Crippen LogP contribution in [0.15, 0.2) is 0 Å². The van der Waals surface area contributed by atoms with Gasteiger partial charge in [-0.05, 0) is 26.9 Å². The summed E-state index contributed by atoms with van der Waals surface area (Å²) in [5.74, 6) is 0.0885. The average molecular weight is 186 g/mol. The second-order valence-electron chi connectivity index (χ2n) is 3.94. The first kappa shape index (κ1) is 10.5. The molecular formula is C9H18N2O2. The number of carbonyl (C=O) groups is 1. The third kappa shape index (κ3) is 3.74. The van der Waals surface area contributed by atoms with Gasteiger partial charge in [0.1, 0.15) is 0 Å². The Balaban J connectivity index is 2.05. The van der Waals surface area contributed by atoms with Gasteiger partial charge in [-0.2, -0.15) is 0 Å². The highest BCUT2D eigenvalue weighted by atomic mass is 16.3. The molecular weight excluding hydrogens is 168 g/mol. The van der Waals surface area contributed by atoms with Crippen LogP contribution in [0.1, 0.15) is 19.3 Å². The molecule has 0 atom stereocenters. The highest BCUT2D eigenvalue weighted by Crippen LogP contribution is 2.19. The highest BCUT2D eigenvalue weighted by molar-refractivity contribution is 5.76. The van der Waals surface area contributed by atoms with Crippen LogP contribution in [0.4, 0.5) is 0 Å². The molecule has 76 valence electrons. The van der Waals surface area contributed by atoms with Crippen LogP contribution in [0.2, 0.25) is 0 Å². The van der Waals surface area contributed by atoms with E-state index < -0.39 is 0 Å². The van der Waals surface area contributed by atoms with Crippen LogP contribution in [-0.4, -0.2) is 48.7 Å². The molecule has 4 nitrogen and oxygen atoms in total. The number of amides is 1. The SMILES string of the molecule is CN(C)CCC(=O)NC1CC(O)C1. The molecule has 1 fully saturated rings. The average Bonchev–Trinajstić information content (AvgIpc) is 1.98.